The summed E-state index contributed by atoms with van der Waals surface area (Å²) >= 11 is 10.9. The third-order valence-electron chi connectivity index (χ3n) is 2.88. The number of hydrogen-bond donors (Lipinski definition) is 2. The van der Waals surface area contributed by atoms with Gasteiger partial charge in [0.05, 0.1) is 4.88 Å². The average Bonchev–Trinajstić information content (AvgIpc) is 2.86. The number of H-pyrrole nitrogens is 1. The molecule has 0 bridgehead atoms. The predicted molar refractivity (Wildman–Crippen MR) is 88.0 cm³/mol. The number of aromatic nitrogens is 2. The van der Waals surface area contributed by atoms with E-state index in [1.165, 1.54) is 11.3 Å². The van der Waals surface area contributed by atoms with E-state index >= 15 is 0 Å². The van der Waals surface area contributed by atoms with E-state index in [1.54, 1.807) is 24.3 Å². The first-order valence-electron chi connectivity index (χ1n) is 5.89. The van der Waals surface area contributed by atoms with Crippen molar-refractivity contribution in [3.63, 3.8) is 0 Å². The van der Waals surface area contributed by atoms with E-state index in [1.807, 2.05) is 11.4 Å². The monoisotopic (exact) mass is 382 g/mol. The van der Waals surface area contributed by atoms with Crippen LogP contribution in [0.5, 0.6) is 5.88 Å². The Morgan fingerprint density at radius 3 is 2.67 bits per heavy atom. The van der Waals surface area contributed by atoms with Crippen molar-refractivity contribution in [2.24, 2.45) is 0 Å². The lowest BCUT2D eigenvalue weighted by molar-refractivity contribution is 0.454. The van der Waals surface area contributed by atoms with Crippen molar-refractivity contribution in [3.05, 3.63) is 55.6 Å². The number of benzene rings is 1. The van der Waals surface area contributed by atoms with E-state index in [0.717, 1.165) is 9.35 Å². The van der Waals surface area contributed by atoms with Crippen LogP contribution in [0.15, 0.2) is 45.0 Å². The Bertz CT molecular complexity index is 875. The zero-order valence-electron chi connectivity index (χ0n) is 10.4. The van der Waals surface area contributed by atoms with Crippen molar-refractivity contribution in [1.29, 1.82) is 0 Å². The highest BCUT2D eigenvalue weighted by Gasteiger charge is 2.17. The van der Waals surface area contributed by atoms with E-state index in [-0.39, 0.29) is 11.4 Å². The zero-order valence-corrected chi connectivity index (χ0v) is 13.6. The molecule has 0 radical (unpaired) electrons. The summed E-state index contributed by atoms with van der Waals surface area (Å²) in [5.74, 6) is -0.0303. The fourth-order valence-corrected chi connectivity index (χ4v) is 3.67. The van der Waals surface area contributed by atoms with Crippen molar-refractivity contribution >= 4 is 38.9 Å². The highest BCUT2D eigenvalue weighted by molar-refractivity contribution is 9.10. The molecule has 2 aromatic heterocycles. The number of hydrogen-bond acceptors (Lipinski definition) is 4. The molecule has 106 valence electrons. The first-order chi connectivity index (χ1) is 10.1. The lowest BCUT2D eigenvalue weighted by atomic mass is 10.1. The Hall–Kier alpha value is -1.63. The van der Waals surface area contributed by atoms with Crippen molar-refractivity contribution in [2.45, 2.75) is 0 Å². The van der Waals surface area contributed by atoms with Gasteiger partial charge in [0.2, 0.25) is 5.88 Å². The summed E-state index contributed by atoms with van der Waals surface area (Å²) in [4.78, 5) is 19.8. The molecule has 3 aromatic rings. The molecule has 1 aromatic carbocycles. The fraction of sp³-hybridized carbons (Fsp3) is 0. The van der Waals surface area contributed by atoms with Gasteiger partial charge < -0.3 is 10.1 Å². The number of rotatable bonds is 2. The minimum absolute atomic E-state index is 0.0667. The standard InChI is InChI=1S/C14H8BrClN2O2S/c15-8-5-6-21-11(8)12-17-13(19)10(14(20)18-12)7-3-1-2-4-9(7)16/h1-6H,(H2,17,18,19,20). The summed E-state index contributed by atoms with van der Waals surface area (Å²) in [5, 5.41) is 12.4. The fourth-order valence-electron chi connectivity index (χ4n) is 1.94. The Balaban J connectivity index is 2.21. The topological polar surface area (TPSA) is 66.0 Å². The highest BCUT2D eigenvalue weighted by Crippen LogP contribution is 2.34. The van der Waals surface area contributed by atoms with Crippen LogP contribution in [0.4, 0.5) is 0 Å². The summed E-state index contributed by atoms with van der Waals surface area (Å²) in [6.07, 6.45) is 0. The number of thiophene rings is 1. The second-order valence-electron chi connectivity index (χ2n) is 4.19. The molecule has 21 heavy (non-hydrogen) atoms. The van der Waals surface area contributed by atoms with Crippen LogP contribution in [0.3, 0.4) is 0 Å². The van der Waals surface area contributed by atoms with Gasteiger partial charge in [-0.2, -0.15) is 4.98 Å². The van der Waals surface area contributed by atoms with Crippen LogP contribution in [0, 0.1) is 0 Å². The summed E-state index contributed by atoms with van der Waals surface area (Å²) in [5.41, 5.74) is 0.0742. The van der Waals surface area contributed by atoms with Gasteiger partial charge in [-0.25, -0.2) is 0 Å². The van der Waals surface area contributed by atoms with Gasteiger partial charge in [-0.3, -0.25) is 4.79 Å². The van der Waals surface area contributed by atoms with Gasteiger partial charge >= 0.3 is 0 Å². The maximum Gasteiger partial charge on any atom is 0.263 e. The second-order valence-corrected chi connectivity index (χ2v) is 6.37. The summed E-state index contributed by atoms with van der Waals surface area (Å²) in [7, 11) is 0. The zero-order chi connectivity index (χ0) is 15.0. The van der Waals surface area contributed by atoms with Gasteiger partial charge in [0.1, 0.15) is 5.56 Å². The molecule has 0 fully saturated rings. The smallest absolute Gasteiger partial charge is 0.263 e. The molecule has 0 unspecified atom stereocenters. The molecule has 0 aliphatic heterocycles. The van der Waals surface area contributed by atoms with Crippen LogP contribution in [0.25, 0.3) is 21.8 Å². The Morgan fingerprint density at radius 1 is 1.29 bits per heavy atom. The Kier molecular flexibility index (Phi) is 3.84. The van der Waals surface area contributed by atoms with Crippen LogP contribution in [-0.4, -0.2) is 15.1 Å². The lowest BCUT2D eigenvalue weighted by Gasteiger charge is -2.07. The lowest BCUT2D eigenvalue weighted by Crippen LogP contribution is -2.12. The molecule has 2 N–H and O–H groups in total. The van der Waals surface area contributed by atoms with Crippen LogP contribution >= 0.6 is 38.9 Å². The van der Waals surface area contributed by atoms with Gasteiger partial charge in [-0.1, -0.05) is 29.8 Å². The van der Waals surface area contributed by atoms with Crippen molar-refractivity contribution in [1.82, 2.24) is 9.97 Å². The molecule has 7 heteroatoms. The number of aromatic amines is 1. The second kappa shape index (κ2) is 5.63. The SMILES string of the molecule is O=c1[nH]c(-c2sccc2Br)nc(O)c1-c1ccccc1Cl. The molecule has 3 rings (SSSR count). The molecular formula is C14H8BrClN2O2S. The first kappa shape index (κ1) is 14.3. The first-order valence-corrected chi connectivity index (χ1v) is 7.94. The van der Waals surface area contributed by atoms with Gasteiger partial charge in [0.15, 0.2) is 5.82 Å². The maximum atomic E-state index is 12.3. The molecule has 0 saturated heterocycles. The minimum atomic E-state index is -0.439. The van der Waals surface area contributed by atoms with Gasteiger partial charge in [-0.15, -0.1) is 11.3 Å². The minimum Gasteiger partial charge on any atom is -0.493 e. The summed E-state index contributed by atoms with van der Waals surface area (Å²) in [6, 6.07) is 8.65. The van der Waals surface area contributed by atoms with Crippen LogP contribution in [0.2, 0.25) is 5.02 Å². The average molecular weight is 384 g/mol. The third kappa shape index (κ3) is 2.62. The van der Waals surface area contributed by atoms with E-state index in [4.69, 9.17) is 11.6 Å². The molecule has 2 heterocycles. The summed E-state index contributed by atoms with van der Waals surface area (Å²) in [6.45, 7) is 0. The van der Waals surface area contributed by atoms with Crippen LogP contribution < -0.4 is 5.56 Å². The molecule has 0 atom stereocenters. The quantitative estimate of drug-likeness (QED) is 0.694. The number of halogens is 2. The van der Waals surface area contributed by atoms with E-state index < -0.39 is 5.56 Å². The Labute approximate surface area is 137 Å². The third-order valence-corrected chi connectivity index (χ3v) is 5.05. The number of nitrogens with one attached hydrogen (secondary N) is 1. The van der Waals surface area contributed by atoms with E-state index in [9.17, 15) is 9.90 Å². The largest absolute Gasteiger partial charge is 0.493 e. The molecule has 0 aliphatic carbocycles. The highest BCUT2D eigenvalue weighted by atomic mass is 79.9. The molecular weight excluding hydrogens is 376 g/mol. The molecule has 0 amide bonds. The van der Waals surface area contributed by atoms with Gasteiger partial charge in [-0.05, 0) is 33.4 Å². The van der Waals surface area contributed by atoms with E-state index in [2.05, 4.69) is 25.9 Å². The number of aromatic hydroxyl groups is 1. The normalized spacial score (nSPS) is 10.8. The summed E-state index contributed by atoms with van der Waals surface area (Å²) < 4.78 is 0.806. The van der Waals surface area contributed by atoms with Crippen molar-refractivity contribution < 1.29 is 5.11 Å². The molecule has 0 saturated carbocycles. The number of nitrogens with zero attached hydrogens (tertiary/aromatic N) is 1. The van der Waals surface area contributed by atoms with Gasteiger partial charge in [0.25, 0.3) is 5.56 Å². The molecule has 0 aliphatic rings. The van der Waals surface area contributed by atoms with Crippen LogP contribution in [0.1, 0.15) is 0 Å². The van der Waals surface area contributed by atoms with Crippen LogP contribution in [-0.2, 0) is 0 Å². The predicted octanol–water partition coefficient (Wildman–Crippen LogP) is 4.29. The van der Waals surface area contributed by atoms with Crippen molar-refractivity contribution in [2.75, 3.05) is 0 Å². The van der Waals surface area contributed by atoms with Crippen molar-refractivity contribution in [3.8, 4) is 27.7 Å². The molecule has 0 spiro atoms. The van der Waals surface area contributed by atoms with Gasteiger partial charge in [0, 0.05) is 15.1 Å². The molecule has 4 nitrogen and oxygen atoms in total. The Morgan fingerprint density at radius 2 is 2.05 bits per heavy atom. The van der Waals surface area contributed by atoms with E-state index in [0.29, 0.717) is 16.4 Å². The maximum absolute atomic E-state index is 12.3.